The van der Waals surface area contributed by atoms with Crippen LogP contribution in [-0.2, 0) is 16.4 Å². The summed E-state index contributed by atoms with van der Waals surface area (Å²) in [7, 11) is -3.61. The molecule has 2 rings (SSSR count). The van der Waals surface area contributed by atoms with Gasteiger partial charge in [-0.3, -0.25) is 0 Å². The van der Waals surface area contributed by atoms with Gasteiger partial charge in [-0.25, -0.2) is 13.1 Å². The van der Waals surface area contributed by atoms with E-state index in [0.717, 1.165) is 5.56 Å². The molecule has 0 saturated carbocycles. The SMILES string of the molecule is Cc1cccc(Cl)c1S(=O)(=O)NCCc1cnoc1. The Balaban J connectivity index is 2.10. The summed E-state index contributed by atoms with van der Waals surface area (Å²) < 4.78 is 31.5. The van der Waals surface area contributed by atoms with E-state index in [-0.39, 0.29) is 16.5 Å². The lowest BCUT2D eigenvalue weighted by Gasteiger charge is -2.10. The Bertz CT molecular complexity index is 633. The van der Waals surface area contributed by atoms with Crippen LogP contribution < -0.4 is 4.72 Å². The highest BCUT2D eigenvalue weighted by molar-refractivity contribution is 7.89. The second-order valence-corrected chi connectivity index (χ2v) is 6.18. The van der Waals surface area contributed by atoms with Crippen LogP contribution in [0.3, 0.4) is 0 Å². The number of benzene rings is 1. The van der Waals surface area contributed by atoms with Gasteiger partial charge < -0.3 is 4.52 Å². The first-order valence-electron chi connectivity index (χ1n) is 5.64. The van der Waals surface area contributed by atoms with Crippen LogP contribution in [0.2, 0.25) is 5.02 Å². The molecule has 0 unspecified atom stereocenters. The van der Waals surface area contributed by atoms with E-state index in [1.807, 2.05) is 0 Å². The number of nitrogens with one attached hydrogen (secondary N) is 1. The maximum Gasteiger partial charge on any atom is 0.242 e. The van der Waals surface area contributed by atoms with Crippen LogP contribution >= 0.6 is 11.6 Å². The van der Waals surface area contributed by atoms with Gasteiger partial charge in [0.05, 0.1) is 11.2 Å². The molecule has 0 amide bonds. The highest BCUT2D eigenvalue weighted by Gasteiger charge is 2.19. The lowest BCUT2D eigenvalue weighted by Crippen LogP contribution is -2.26. The van der Waals surface area contributed by atoms with Crippen molar-refractivity contribution in [1.82, 2.24) is 9.88 Å². The minimum absolute atomic E-state index is 0.127. The fourth-order valence-electron chi connectivity index (χ4n) is 1.71. The molecule has 0 aliphatic rings. The van der Waals surface area contributed by atoms with Gasteiger partial charge in [0.2, 0.25) is 10.0 Å². The molecular weight excluding hydrogens is 288 g/mol. The zero-order chi connectivity index (χ0) is 13.9. The molecule has 0 saturated heterocycles. The van der Waals surface area contributed by atoms with Crippen LogP contribution in [0.4, 0.5) is 0 Å². The average molecular weight is 301 g/mol. The van der Waals surface area contributed by atoms with Crippen molar-refractivity contribution in [1.29, 1.82) is 0 Å². The van der Waals surface area contributed by atoms with Crippen LogP contribution in [0.1, 0.15) is 11.1 Å². The molecule has 1 N–H and O–H groups in total. The Morgan fingerprint density at radius 2 is 2.21 bits per heavy atom. The van der Waals surface area contributed by atoms with Gasteiger partial charge in [0.15, 0.2) is 0 Å². The topological polar surface area (TPSA) is 72.2 Å². The quantitative estimate of drug-likeness (QED) is 0.918. The highest BCUT2D eigenvalue weighted by atomic mass is 35.5. The van der Waals surface area contributed by atoms with Crippen molar-refractivity contribution in [2.24, 2.45) is 0 Å². The molecule has 0 spiro atoms. The predicted molar refractivity (Wildman–Crippen MR) is 71.6 cm³/mol. The minimum atomic E-state index is -3.61. The third kappa shape index (κ3) is 3.34. The maximum absolute atomic E-state index is 12.2. The van der Waals surface area contributed by atoms with E-state index in [2.05, 4.69) is 14.4 Å². The summed E-state index contributed by atoms with van der Waals surface area (Å²) in [5.41, 5.74) is 1.45. The average Bonchev–Trinajstić information content (AvgIpc) is 2.81. The van der Waals surface area contributed by atoms with Crippen LogP contribution in [0.5, 0.6) is 0 Å². The van der Waals surface area contributed by atoms with Crippen molar-refractivity contribution in [2.75, 3.05) is 6.54 Å². The predicted octanol–water partition coefficient (Wildman–Crippen LogP) is 2.16. The van der Waals surface area contributed by atoms with Crippen molar-refractivity contribution in [3.05, 3.63) is 46.8 Å². The summed E-state index contributed by atoms with van der Waals surface area (Å²) in [6.45, 7) is 1.97. The summed E-state index contributed by atoms with van der Waals surface area (Å²) in [6.07, 6.45) is 3.54. The lowest BCUT2D eigenvalue weighted by molar-refractivity contribution is 0.419. The molecule has 1 aromatic heterocycles. The van der Waals surface area contributed by atoms with E-state index in [1.165, 1.54) is 6.26 Å². The zero-order valence-electron chi connectivity index (χ0n) is 10.3. The first-order chi connectivity index (χ1) is 9.00. The van der Waals surface area contributed by atoms with Crippen LogP contribution in [0, 0.1) is 6.92 Å². The van der Waals surface area contributed by atoms with Crippen molar-refractivity contribution in [3.63, 3.8) is 0 Å². The van der Waals surface area contributed by atoms with E-state index in [1.54, 1.807) is 31.3 Å². The number of sulfonamides is 1. The molecule has 0 aliphatic heterocycles. The number of nitrogens with zero attached hydrogens (tertiary/aromatic N) is 1. The molecule has 7 heteroatoms. The summed E-state index contributed by atoms with van der Waals surface area (Å²) in [4.78, 5) is 0.127. The second-order valence-electron chi connectivity index (χ2n) is 4.07. The summed E-state index contributed by atoms with van der Waals surface area (Å²) >= 11 is 5.95. The van der Waals surface area contributed by atoms with Crippen LogP contribution in [0.25, 0.3) is 0 Å². The van der Waals surface area contributed by atoms with Gasteiger partial charge >= 0.3 is 0 Å². The Morgan fingerprint density at radius 1 is 1.42 bits per heavy atom. The smallest absolute Gasteiger partial charge is 0.242 e. The highest BCUT2D eigenvalue weighted by Crippen LogP contribution is 2.24. The lowest BCUT2D eigenvalue weighted by atomic mass is 10.2. The first kappa shape index (κ1) is 14.0. The van der Waals surface area contributed by atoms with Crippen molar-refractivity contribution in [3.8, 4) is 0 Å². The summed E-state index contributed by atoms with van der Waals surface area (Å²) in [5, 5.41) is 3.77. The molecule has 2 aromatic rings. The Kier molecular flexibility index (Phi) is 4.24. The summed E-state index contributed by atoms with van der Waals surface area (Å²) in [6, 6.07) is 4.98. The molecule has 102 valence electrons. The van der Waals surface area contributed by atoms with Crippen molar-refractivity contribution in [2.45, 2.75) is 18.2 Å². The van der Waals surface area contributed by atoms with E-state index in [9.17, 15) is 8.42 Å². The molecule has 1 aromatic carbocycles. The molecule has 5 nitrogen and oxygen atoms in total. The van der Waals surface area contributed by atoms with Gasteiger partial charge in [0.25, 0.3) is 0 Å². The number of halogens is 1. The van der Waals surface area contributed by atoms with E-state index in [4.69, 9.17) is 11.6 Å². The molecule has 0 radical (unpaired) electrons. The van der Waals surface area contributed by atoms with E-state index in [0.29, 0.717) is 12.0 Å². The third-order valence-corrected chi connectivity index (χ3v) is 4.71. The Hall–Kier alpha value is -1.37. The van der Waals surface area contributed by atoms with Crippen molar-refractivity contribution >= 4 is 21.6 Å². The molecule has 0 atom stereocenters. The van der Waals surface area contributed by atoms with Gasteiger partial charge in [0, 0.05) is 12.1 Å². The molecule has 0 fully saturated rings. The number of aryl methyl sites for hydroxylation is 1. The largest absolute Gasteiger partial charge is 0.364 e. The Morgan fingerprint density at radius 3 is 2.84 bits per heavy atom. The standard InChI is InChI=1S/C12H13ClN2O3S/c1-9-3-2-4-11(13)12(9)19(16,17)15-6-5-10-7-14-18-8-10/h2-4,7-8,15H,5-6H2,1H3. The van der Waals surface area contributed by atoms with Crippen LogP contribution in [0.15, 0.2) is 40.1 Å². The van der Waals surface area contributed by atoms with Gasteiger partial charge in [-0.05, 0) is 25.0 Å². The number of rotatable bonds is 5. The number of hydrogen-bond acceptors (Lipinski definition) is 4. The fraction of sp³-hybridized carbons (Fsp3) is 0.250. The zero-order valence-corrected chi connectivity index (χ0v) is 11.8. The number of hydrogen-bond donors (Lipinski definition) is 1. The second kappa shape index (κ2) is 5.73. The molecule has 0 bridgehead atoms. The van der Waals surface area contributed by atoms with E-state index >= 15 is 0 Å². The molecule has 1 heterocycles. The number of aromatic nitrogens is 1. The maximum atomic E-state index is 12.2. The fourth-order valence-corrected chi connectivity index (χ4v) is 3.57. The van der Waals surface area contributed by atoms with Gasteiger partial charge in [0.1, 0.15) is 11.2 Å². The van der Waals surface area contributed by atoms with E-state index < -0.39 is 10.0 Å². The Labute approximate surface area is 116 Å². The van der Waals surface area contributed by atoms with Crippen molar-refractivity contribution < 1.29 is 12.9 Å². The van der Waals surface area contributed by atoms with Crippen LogP contribution in [-0.4, -0.2) is 20.1 Å². The molecule has 0 aliphatic carbocycles. The normalized spacial score (nSPS) is 11.7. The monoisotopic (exact) mass is 300 g/mol. The minimum Gasteiger partial charge on any atom is -0.364 e. The third-order valence-electron chi connectivity index (χ3n) is 2.62. The van der Waals surface area contributed by atoms with Gasteiger partial charge in [-0.2, -0.15) is 0 Å². The molecule has 19 heavy (non-hydrogen) atoms. The van der Waals surface area contributed by atoms with Gasteiger partial charge in [-0.1, -0.05) is 28.9 Å². The summed E-state index contributed by atoms with van der Waals surface area (Å²) in [5.74, 6) is 0. The van der Waals surface area contributed by atoms with Gasteiger partial charge in [-0.15, -0.1) is 0 Å². The molecular formula is C12H13ClN2O3S. The first-order valence-corrected chi connectivity index (χ1v) is 7.50.